The number of hydrogen-bond donors (Lipinski definition) is 1. The van der Waals surface area contributed by atoms with Gasteiger partial charge in [0, 0.05) is 24.6 Å². The molecule has 0 heterocycles. The molecule has 0 unspecified atom stereocenters. The van der Waals surface area contributed by atoms with Crippen LogP contribution >= 0.6 is 11.8 Å². The van der Waals surface area contributed by atoms with Gasteiger partial charge in [0.2, 0.25) is 0 Å². The van der Waals surface area contributed by atoms with E-state index in [-0.39, 0.29) is 0 Å². The van der Waals surface area contributed by atoms with Gasteiger partial charge in [-0.15, -0.1) is 6.58 Å². The molecule has 0 saturated carbocycles. The van der Waals surface area contributed by atoms with Crippen molar-refractivity contribution in [3.63, 3.8) is 0 Å². The molecular formula is C14H21NS. The zero-order valence-electron chi connectivity index (χ0n) is 10.3. The van der Waals surface area contributed by atoms with Crippen LogP contribution in [0.2, 0.25) is 0 Å². The van der Waals surface area contributed by atoms with Gasteiger partial charge in [-0.2, -0.15) is 11.8 Å². The lowest BCUT2D eigenvalue weighted by molar-refractivity contribution is 0.728. The van der Waals surface area contributed by atoms with E-state index in [1.54, 1.807) is 0 Å². The van der Waals surface area contributed by atoms with Crippen molar-refractivity contribution >= 4 is 11.8 Å². The number of rotatable bonds is 7. The monoisotopic (exact) mass is 235 g/mol. The molecule has 1 N–H and O–H groups in total. The summed E-state index contributed by atoms with van der Waals surface area (Å²) >= 11 is 1.92. The van der Waals surface area contributed by atoms with Crippen LogP contribution in [0.1, 0.15) is 16.7 Å². The Morgan fingerprint density at radius 3 is 2.94 bits per heavy atom. The fourth-order valence-corrected chi connectivity index (χ4v) is 2.15. The molecule has 0 fully saturated rings. The van der Waals surface area contributed by atoms with Gasteiger partial charge >= 0.3 is 0 Å². The summed E-state index contributed by atoms with van der Waals surface area (Å²) in [5.74, 6) is 2.20. The Labute approximate surface area is 103 Å². The topological polar surface area (TPSA) is 12.0 Å². The maximum Gasteiger partial charge on any atom is 0.0208 e. The van der Waals surface area contributed by atoms with Crippen molar-refractivity contribution in [3.8, 4) is 0 Å². The first-order valence-electron chi connectivity index (χ1n) is 5.69. The molecule has 0 atom stereocenters. The highest BCUT2D eigenvalue weighted by atomic mass is 32.2. The minimum atomic E-state index is 0.974. The molecule has 0 aliphatic carbocycles. The Kier molecular flexibility index (Phi) is 6.27. The van der Waals surface area contributed by atoms with Crippen molar-refractivity contribution in [1.82, 2.24) is 5.32 Å². The Bertz CT molecular complexity index is 334. The Morgan fingerprint density at radius 2 is 2.19 bits per heavy atom. The van der Waals surface area contributed by atoms with Gasteiger partial charge in [-0.3, -0.25) is 0 Å². The number of aryl methyl sites for hydroxylation is 2. The molecule has 0 aromatic heterocycles. The molecule has 0 amide bonds. The Morgan fingerprint density at radius 1 is 1.38 bits per heavy atom. The van der Waals surface area contributed by atoms with Crippen molar-refractivity contribution in [2.45, 2.75) is 20.4 Å². The van der Waals surface area contributed by atoms with E-state index in [1.165, 1.54) is 16.7 Å². The second-order valence-corrected chi connectivity index (χ2v) is 5.12. The lowest BCUT2D eigenvalue weighted by Gasteiger charge is -2.08. The van der Waals surface area contributed by atoms with Gasteiger partial charge in [0.05, 0.1) is 0 Å². The summed E-state index contributed by atoms with van der Waals surface area (Å²) in [6, 6.07) is 6.62. The fraction of sp³-hybridized carbons (Fsp3) is 0.429. The highest BCUT2D eigenvalue weighted by Gasteiger charge is 1.97. The van der Waals surface area contributed by atoms with Crippen LogP contribution in [-0.2, 0) is 6.54 Å². The van der Waals surface area contributed by atoms with Gasteiger partial charge in [-0.05, 0) is 25.0 Å². The first kappa shape index (κ1) is 13.3. The molecule has 1 rings (SSSR count). The van der Waals surface area contributed by atoms with Crippen LogP contribution in [0.4, 0.5) is 0 Å². The third-order valence-electron chi connectivity index (χ3n) is 2.48. The summed E-state index contributed by atoms with van der Waals surface area (Å²) in [5, 5.41) is 3.47. The predicted octanol–water partition coefficient (Wildman–Crippen LogP) is 3.31. The molecule has 1 aromatic rings. The summed E-state index contributed by atoms with van der Waals surface area (Å²) in [6.45, 7) is 10.1. The molecule has 0 spiro atoms. The summed E-state index contributed by atoms with van der Waals surface area (Å²) in [7, 11) is 0. The SMILES string of the molecule is C=CCSCCNCc1cc(C)ccc1C. The molecule has 0 radical (unpaired) electrons. The zero-order valence-corrected chi connectivity index (χ0v) is 11.1. The molecule has 16 heavy (non-hydrogen) atoms. The molecule has 0 saturated heterocycles. The van der Waals surface area contributed by atoms with E-state index >= 15 is 0 Å². The minimum absolute atomic E-state index is 0.974. The van der Waals surface area contributed by atoms with Crippen LogP contribution in [0.25, 0.3) is 0 Å². The van der Waals surface area contributed by atoms with E-state index in [1.807, 2.05) is 17.8 Å². The van der Waals surface area contributed by atoms with Crippen LogP contribution in [0, 0.1) is 13.8 Å². The highest BCUT2D eigenvalue weighted by Crippen LogP contribution is 2.10. The summed E-state index contributed by atoms with van der Waals surface area (Å²) in [5.41, 5.74) is 4.12. The normalized spacial score (nSPS) is 10.4. The molecule has 0 aliphatic rings. The van der Waals surface area contributed by atoms with Crippen LogP contribution in [0.3, 0.4) is 0 Å². The van der Waals surface area contributed by atoms with Crippen LogP contribution < -0.4 is 5.32 Å². The van der Waals surface area contributed by atoms with Crippen LogP contribution in [-0.4, -0.2) is 18.1 Å². The van der Waals surface area contributed by atoms with Crippen molar-refractivity contribution in [1.29, 1.82) is 0 Å². The van der Waals surface area contributed by atoms with Gasteiger partial charge in [0.1, 0.15) is 0 Å². The molecule has 2 heteroatoms. The Hall–Kier alpha value is -0.730. The molecule has 88 valence electrons. The van der Waals surface area contributed by atoms with Gasteiger partial charge in [0.15, 0.2) is 0 Å². The van der Waals surface area contributed by atoms with Crippen molar-refractivity contribution in [3.05, 3.63) is 47.5 Å². The third-order valence-corrected chi connectivity index (χ3v) is 3.44. The highest BCUT2D eigenvalue weighted by molar-refractivity contribution is 7.99. The minimum Gasteiger partial charge on any atom is -0.312 e. The van der Waals surface area contributed by atoms with E-state index < -0.39 is 0 Å². The third kappa shape index (κ3) is 4.86. The molecular weight excluding hydrogens is 214 g/mol. The summed E-state index contributed by atoms with van der Waals surface area (Å²) in [4.78, 5) is 0. The van der Waals surface area contributed by atoms with E-state index in [2.05, 4.69) is 43.9 Å². The second kappa shape index (κ2) is 7.53. The first-order valence-corrected chi connectivity index (χ1v) is 6.85. The maximum atomic E-state index is 3.71. The van der Waals surface area contributed by atoms with E-state index in [0.29, 0.717) is 0 Å². The summed E-state index contributed by atoms with van der Waals surface area (Å²) in [6.07, 6.45) is 1.95. The van der Waals surface area contributed by atoms with Gasteiger partial charge in [0.25, 0.3) is 0 Å². The first-order chi connectivity index (χ1) is 7.74. The fourth-order valence-electron chi connectivity index (χ4n) is 1.52. The standard InChI is InChI=1S/C14H21NS/c1-4-8-16-9-7-15-11-14-10-12(2)5-6-13(14)3/h4-6,10,15H,1,7-9,11H2,2-3H3. The number of benzene rings is 1. The van der Waals surface area contributed by atoms with Crippen molar-refractivity contribution in [2.75, 3.05) is 18.1 Å². The van der Waals surface area contributed by atoms with Crippen LogP contribution in [0.5, 0.6) is 0 Å². The smallest absolute Gasteiger partial charge is 0.0208 e. The lowest BCUT2D eigenvalue weighted by Crippen LogP contribution is -2.17. The lowest BCUT2D eigenvalue weighted by atomic mass is 10.1. The predicted molar refractivity (Wildman–Crippen MR) is 75.1 cm³/mol. The number of thioether (sulfide) groups is 1. The zero-order chi connectivity index (χ0) is 11.8. The van der Waals surface area contributed by atoms with E-state index in [0.717, 1.165) is 24.6 Å². The van der Waals surface area contributed by atoms with E-state index in [4.69, 9.17) is 0 Å². The Balaban J connectivity index is 2.26. The molecule has 1 nitrogen and oxygen atoms in total. The van der Waals surface area contributed by atoms with Crippen molar-refractivity contribution in [2.24, 2.45) is 0 Å². The number of hydrogen-bond acceptors (Lipinski definition) is 2. The quantitative estimate of drug-likeness (QED) is 0.575. The molecule has 0 aliphatic heterocycles. The van der Waals surface area contributed by atoms with Gasteiger partial charge < -0.3 is 5.32 Å². The second-order valence-electron chi connectivity index (χ2n) is 3.97. The number of nitrogens with one attached hydrogen (secondary N) is 1. The average molecular weight is 235 g/mol. The summed E-state index contributed by atoms with van der Waals surface area (Å²) < 4.78 is 0. The van der Waals surface area contributed by atoms with E-state index in [9.17, 15) is 0 Å². The average Bonchev–Trinajstić information content (AvgIpc) is 2.28. The van der Waals surface area contributed by atoms with Gasteiger partial charge in [-0.25, -0.2) is 0 Å². The van der Waals surface area contributed by atoms with Crippen molar-refractivity contribution < 1.29 is 0 Å². The van der Waals surface area contributed by atoms with Crippen LogP contribution in [0.15, 0.2) is 30.9 Å². The molecule has 0 bridgehead atoms. The largest absolute Gasteiger partial charge is 0.312 e. The molecule has 1 aromatic carbocycles. The van der Waals surface area contributed by atoms with Gasteiger partial charge in [-0.1, -0.05) is 29.8 Å². The maximum absolute atomic E-state index is 3.71.